The highest BCUT2D eigenvalue weighted by Crippen LogP contribution is 2.14. The van der Waals surface area contributed by atoms with Gasteiger partial charge in [-0.1, -0.05) is 0 Å². The Balaban J connectivity index is 0.000000640. The van der Waals surface area contributed by atoms with Crippen LogP contribution < -0.4 is 0 Å². The first kappa shape index (κ1) is 8.79. The number of nitrogens with one attached hydrogen (secondary N) is 1. The number of hydrogen-bond acceptors (Lipinski definition) is 1. The summed E-state index contributed by atoms with van der Waals surface area (Å²) in [7, 11) is 0. The van der Waals surface area contributed by atoms with E-state index in [1.807, 2.05) is 6.92 Å². The molecule has 0 saturated carbocycles. The van der Waals surface area contributed by atoms with Crippen LogP contribution in [0.3, 0.4) is 0 Å². The second-order valence-electron chi connectivity index (χ2n) is 1.61. The van der Waals surface area contributed by atoms with Crippen molar-refractivity contribution in [1.82, 2.24) is 9.97 Å². The fraction of sp³-hybridized carbons (Fsp3) is 0.400. The number of rotatable bonds is 1. The first-order valence-electron chi connectivity index (χ1n) is 2.43. The zero-order chi connectivity index (χ0) is 5.98. The maximum Gasteiger partial charge on any atom is 0.0923 e. The number of aromatic nitrogens is 2. The van der Waals surface area contributed by atoms with Crippen molar-refractivity contribution in [2.45, 2.75) is 12.3 Å². The Morgan fingerprint density at radius 1 is 1.78 bits per heavy atom. The van der Waals surface area contributed by atoms with E-state index in [1.165, 1.54) is 0 Å². The van der Waals surface area contributed by atoms with Crippen LogP contribution in [0.4, 0.5) is 0 Å². The van der Waals surface area contributed by atoms with Gasteiger partial charge in [-0.05, 0) is 6.92 Å². The molecule has 0 aliphatic heterocycles. The number of imidazole rings is 1. The molecule has 1 aromatic rings. The van der Waals surface area contributed by atoms with Crippen LogP contribution in [0.1, 0.15) is 18.0 Å². The first-order chi connectivity index (χ1) is 3.80. The third-order valence-electron chi connectivity index (χ3n) is 0.927. The van der Waals surface area contributed by atoms with Crippen molar-refractivity contribution >= 4 is 24.0 Å². The van der Waals surface area contributed by atoms with Gasteiger partial charge in [-0.15, -0.1) is 24.0 Å². The Bertz CT molecular complexity index is 148. The molecule has 0 aliphatic rings. The van der Waals surface area contributed by atoms with Crippen molar-refractivity contribution in [3.63, 3.8) is 0 Å². The lowest BCUT2D eigenvalue weighted by molar-refractivity contribution is 1.02. The van der Waals surface area contributed by atoms with Crippen LogP contribution in [0.2, 0.25) is 0 Å². The topological polar surface area (TPSA) is 28.7 Å². The molecule has 1 aromatic heterocycles. The monoisotopic (exact) mass is 166 g/mol. The minimum atomic E-state index is 0. The molecule has 0 spiro atoms. The number of nitrogens with zero attached hydrogens (tertiary/aromatic N) is 1. The summed E-state index contributed by atoms with van der Waals surface area (Å²) in [6.07, 6.45) is 3.41. The molecule has 1 heterocycles. The number of halogens is 2. The van der Waals surface area contributed by atoms with Gasteiger partial charge in [0.05, 0.1) is 17.4 Å². The Hall–Kier alpha value is -0.210. The Morgan fingerprint density at radius 2 is 2.44 bits per heavy atom. The van der Waals surface area contributed by atoms with E-state index in [0.29, 0.717) is 0 Å². The Kier molecular flexibility index (Phi) is 3.66. The van der Waals surface area contributed by atoms with E-state index in [2.05, 4.69) is 9.97 Å². The number of alkyl halides is 1. The molecule has 4 heteroatoms. The van der Waals surface area contributed by atoms with E-state index in [9.17, 15) is 0 Å². The summed E-state index contributed by atoms with van der Waals surface area (Å²) in [5, 5.41) is 0.0150. The largest absolute Gasteiger partial charge is 0.351 e. The lowest BCUT2D eigenvalue weighted by atomic mass is 10.4. The zero-order valence-electron chi connectivity index (χ0n) is 4.97. The SMILES string of the molecule is CC(Cl)c1c[nH]cn1.Cl. The third-order valence-corrected chi connectivity index (χ3v) is 1.15. The predicted molar refractivity (Wildman–Crippen MR) is 40.1 cm³/mol. The van der Waals surface area contributed by atoms with Crippen molar-refractivity contribution in [2.24, 2.45) is 0 Å². The average Bonchev–Trinajstić information content (AvgIpc) is 2.12. The predicted octanol–water partition coefficient (Wildman–Crippen LogP) is 2.13. The standard InChI is InChI=1S/C5H7ClN2.ClH/c1-4(6)5-2-7-3-8-5;/h2-4H,1H3,(H,7,8);1H. The number of H-pyrrole nitrogens is 1. The van der Waals surface area contributed by atoms with E-state index < -0.39 is 0 Å². The van der Waals surface area contributed by atoms with Crippen LogP contribution in [0.15, 0.2) is 12.5 Å². The lowest BCUT2D eigenvalue weighted by Crippen LogP contribution is -1.80. The molecule has 1 atom stereocenters. The van der Waals surface area contributed by atoms with Gasteiger partial charge in [-0.3, -0.25) is 0 Å². The summed E-state index contributed by atoms with van der Waals surface area (Å²) in [4.78, 5) is 6.74. The molecular formula is C5H8Cl2N2. The van der Waals surface area contributed by atoms with Gasteiger partial charge < -0.3 is 4.98 Å². The molecule has 1 unspecified atom stereocenters. The molecule has 0 aromatic carbocycles. The van der Waals surface area contributed by atoms with Crippen LogP contribution in [-0.4, -0.2) is 9.97 Å². The molecular weight excluding hydrogens is 159 g/mol. The quantitative estimate of drug-likeness (QED) is 0.637. The van der Waals surface area contributed by atoms with Crippen LogP contribution in [-0.2, 0) is 0 Å². The van der Waals surface area contributed by atoms with Gasteiger partial charge in [0.1, 0.15) is 0 Å². The molecule has 0 aliphatic carbocycles. The lowest BCUT2D eigenvalue weighted by Gasteiger charge is -1.91. The number of hydrogen-bond donors (Lipinski definition) is 1. The average molecular weight is 167 g/mol. The summed E-state index contributed by atoms with van der Waals surface area (Å²) in [5.41, 5.74) is 0.895. The van der Waals surface area contributed by atoms with E-state index in [4.69, 9.17) is 11.6 Å². The van der Waals surface area contributed by atoms with Crippen LogP contribution in [0.25, 0.3) is 0 Å². The van der Waals surface area contributed by atoms with Crippen LogP contribution in [0, 0.1) is 0 Å². The Labute approximate surface area is 65.0 Å². The van der Waals surface area contributed by atoms with Gasteiger partial charge in [0.25, 0.3) is 0 Å². The summed E-state index contributed by atoms with van der Waals surface area (Å²) in [6.45, 7) is 1.89. The van der Waals surface area contributed by atoms with Crippen molar-refractivity contribution < 1.29 is 0 Å². The molecule has 0 bridgehead atoms. The van der Waals surface area contributed by atoms with Crippen molar-refractivity contribution in [1.29, 1.82) is 0 Å². The van der Waals surface area contributed by atoms with E-state index in [0.717, 1.165) is 5.69 Å². The normalized spacial score (nSPS) is 12.2. The minimum Gasteiger partial charge on any atom is -0.351 e. The highest BCUT2D eigenvalue weighted by molar-refractivity contribution is 6.20. The second-order valence-corrected chi connectivity index (χ2v) is 2.26. The highest BCUT2D eigenvalue weighted by Gasteiger charge is 1.99. The highest BCUT2D eigenvalue weighted by atomic mass is 35.5. The Morgan fingerprint density at radius 3 is 2.67 bits per heavy atom. The van der Waals surface area contributed by atoms with Crippen molar-refractivity contribution in [3.05, 3.63) is 18.2 Å². The maximum absolute atomic E-state index is 5.66. The van der Waals surface area contributed by atoms with E-state index in [1.54, 1.807) is 12.5 Å². The van der Waals surface area contributed by atoms with E-state index >= 15 is 0 Å². The fourth-order valence-electron chi connectivity index (χ4n) is 0.489. The number of aromatic amines is 1. The minimum absolute atomic E-state index is 0. The zero-order valence-corrected chi connectivity index (χ0v) is 6.54. The molecule has 0 amide bonds. The summed E-state index contributed by atoms with van der Waals surface area (Å²) >= 11 is 5.66. The van der Waals surface area contributed by atoms with Gasteiger partial charge in [-0.2, -0.15) is 0 Å². The summed E-state index contributed by atoms with van der Waals surface area (Å²) in [5.74, 6) is 0. The molecule has 0 saturated heterocycles. The van der Waals surface area contributed by atoms with Crippen molar-refractivity contribution in [2.75, 3.05) is 0 Å². The first-order valence-corrected chi connectivity index (χ1v) is 2.87. The third kappa shape index (κ3) is 2.24. The van der Waals surface area contributed by atoms with Gasteiger partial charge in [0, 0.05) is 6.20 Å². The molecule has 2 nitrogen and oxygen atoms in total. The molecule has 0 fully saturated rings. The fourth-order valence-corrected chi connectivity index (χ4v) is 0.609. The molecule has 0 radical (unpaired) electrons. The second kappa shape index (κ2) is 3.75. The van der Waals surface area contributed by atoms with Gasteiger partial charge in [0.2, 0.25) is 0 Å². The van der Waals surface area contributed by atoms with Crippen molar-refractivity contribution in [3.8, 4) is 0 Å². The molecule has 1 rings (SSSR count). The maximum atomic E-state index is 5.66. The summed E-state index contributed by atoms with van der Waals surface area (Å²) in [6, 6.07) is 0. The van der Waals surface area contributed by atoms with Crippen LogP contribution >= 0.6 is 24.0 Å². The van der Waals surface area contributed by atoms with Crippen LogP contribution in [0.5, 0.6) is 0 Å². The smallest absolute Gasteiger partial charge is 0.0923 e. The van der Waals surface area contributed by atoms with Gasteiger partial charge >= 0.3 is 0 Å². The van der Waals surface area contributed by atoms with Gasteiger partial charge in [-0.25, -0.2) is 4.98 Å². The molecule has 9 heavy (non-hydrogen) atoms. The van der Waals surface area contributed by atoms with E-state index in [-0.39, 0.29) is 17.8 Å². The molecule has 52 valence electrons. The van der Waals surface area contributed by atoms with Gasteiger partial charge in [0.15, 0.2) is 0 Å². The molecule has 1 N–H and O–H groups in total. The summed E-state index contributed by atoms with van der Waals surface area (Å²) < 4.78 is 0.